The average Bonchev–Trinajstić information content (AvgIpc) is 2.99. The maximum atomic E-state index is 12.2. The summed E-state index contributed by atoms with van der Waals surface area (Å²) >= 11 is 0. The highest BCUT2D eigenvalue weighted by atomic mass is 16.5. The SMILES string of the molecule is COCCOCCCC(=O)N[C@@H](c1nnc2ccccn12)C(C)C. The minimum Gasteiger partial charge on any atom is -0.382 e. The summed E-state index contributed by atoms with van der Waals surface area (Å²) in [7, 11) is 1.64. The van der Waals surface area contributed by atoms with Crippen molar-refractivity contribution >= 4 is 11.6 Å². The first-order valence-electron chi connectivity index (χ1n) is 8.29. The van der Waals surface area contributed by atoms with Crippen molar-refractivity contribution in [1.82, 2.24) is 19.9 Å². The van der Waals surface area contributed by atoms with Gasteiger partial charge in [-0.25, -0.2) is 0 Å². The first kappa shape index (κ1) is 18.4. The van der Waals surface area contributed by atoms with Crippen LogP contribution < -0.4 is 5.32 Å². The standard InChI is InChI=1S/C17H26N4O3/c1-13(2)16(17-20-19-14-7-4-5-9-21(14)17)18-15(22)8-6-10-24-12-11-23-3/h4-5,7,9,13,16H,6,8,10-12H2,1-3H3,(H,18,22)/t16-/m1/s1. The van der Waals surface area contributed by atoms with Crippen LogP contribution in [0.3, 0.4) is 0 Å². The summed E-state index contributed by atoms with van der Waals surface area (Å²) < 4.78 is 12.2. The van der Waals surface area contributed by atoms with Gasteiger partial charge in [0.2, 0.25) is 5.91 Å². The first-order chi connectivity index (χ1) is 11.6. The van der Waals surface area contributed by atoms with Crippen molar-refractivity contribution in [3.63, 3.8) is 0 Å². The Morgan fingerprint density at radius 1 is 1.25 bits per heavy atom. The van der Waals surface area contributed by atoms with Gasteiger partial charge in [0.15, 0.2) is 11.5 Å². The molecule has 1 atom stereocenters. The van der Waals surface area contributed by atoms with Gasteiger partial charge in [-0.05, 0) is 24.5 Å². The molecule has 7 heteroatoms. The van der Waals surface area contributed by atoms with Gasteiger partial charge in [0.05, 0.1) is 19.3 Å². The summed E-state index contributed by atoms with van der Waals surface area (Å²) in [5.74, 6) is 0.960. The number of amides is 1. The number of aromatic nitrogens is 3. The zero-order valence-corrected chi connectivity index (χ0v) is 14.6. The van der Waals surface area contributed by atoms with E-state index in [4.69, 9.17) is 9.47 Å². The van der Waals surface area contributed by atoms with Crippen LogP contribution in [0.4, 0.5) is 0 Å². The molecule has 0 radical (unpaired) electrons. The highest BCUT2D eigenvalue weighted by Crippen LogP contribution is 2.20. The fourth-order valence-corrected chi connectivity index (χ4v) is 2.43. The van der Waals surface area contributed by atoms with Gasteiger partial charge in [0.1, 0.15) is 0 Å². The predicted molar refractivity (Wildman–Crippen MR) is 90.6 cm³/mol. The summed E-state index contributed by atoms with van der Waals surface area (Å²) in [5, 5.41) is 11.5. The smallest absolute Gasteiger partial charge is 0.220 e. The van der Waals surface area contributed by atoms with Crippen LogP contribution in [-0.4, -0.2) is 47.4 Å². The number of nitrogens with zero attached hydrogens (tertiary/aromatic N) is 3. The third-order valence-corrected chi connectivity index (χ3v) is 3.73. The van der Waals surface area contributed by atoms with Crippen LogP contribution in [-0.2, 0) is 14.3 Å². The van der Waals surface area contributed by atoms with Crippen LogP contribution in [0.25, 0.3) is 5.65 Å². The summed E-state index contributed by atoms with van der Waals surface area (Å²) in [6.45, 7) is 5.79. The summed E-state index contributed by atoms with van der Waals surface area (Å²) in [5.41, 5.74) is 0.777. The van der Waals surface area contributed by atoms with Crippen LogP contribution in [0.1, 0.15) is 38.6 Å². The molecule has 0 saturated carbocycles. The van der Waals surface area contributed by atoms with Gasteiger partial charge < -0.3 is 14.8 Å². The molecule has 24 heavy (non-hydrogen) atoms. The number of hydrogen-bond donors (Lipinski definition) is 1. The molecule has 0 aliphatic carbocycles. The minimum absolute atomic E-state index is 0.00303. The Hall–Kier alpha value is -1.99. The van der Waals surface area contributed by atoms with Gasteiger partial charge in [-0.3, -0.25) is 9.20 Å². The lowest BCUT2D eigenvalue weighted by atomic mass is 10.0. The Morgan fingerprint density at radius 2 is 2.08 bits per heavy atom. The number of rotatable bonds is 10. The maximum Gasteiger partial charge on any atom is 0.220 e. The van der Waals surface area contributed by atoms with Gasteiger partial charge in [0, 0.05) is 26.3 Å². The molecule has 0 saturated heterocycles. The molecule has 0 fully saturated rings. The Bertz CT molecular complexity index is 642. The van der Waals surface area contributed by atoms with Crippen molar-refractivity contribution in [3.8, 4) is 0 Å². The third-order valence-electron chi connectivity index (χ3n) is 3.73. The lowest BCUT2D eigenvalue weighted by molar-refractivity contribution is -0.122. The monoisotopic (exact) mass is 334 g/mol. The van der Waals surface area contributed by atoms with Gasteiger partial charge in [-0.1, -0.05) is 19.9 Å². The van der Waals surface area contributed by atoms with Crippen LogP contribution in [0.15, 0.2) is 24.4 Å². The quantitative estimate of drug-likeness (QED) is 0.672. The molecule has 0 aromatic carbocycles. The number of carbonyl (C=O) groups excluding carboxylic acids is 1. The van der Waals surface area contributed by atoms with Crippen LogP contribution in [0.5, 0.6) is 0 Å². The van der Waals surface area contributed by atoms with Gasteiger partial charge in [0.25, 0.3) is 0 Å². The molecule has 0 aliphatic rings. The van der Waals surface area contributed by atoms with Crippen molar-refractivity contribution in [2.45, 2.75) is 32.7 Å². The van der Waals surface area contributed by atoms with Gasteiger partial charge >= 0.3 is 0 Å². The fraction of sp³-hybridized carbons (Fsp3) is 0.588. The second-order valence-corrected chi connectivity index (χ2v) is 5.98. The zero-order chi connectivity index (χ0) is 17.4. The van der Waals surface area contributed by atoms with E-state index in [0.29, 0.717) is 32.7 Å². The zero-order valence-electron chi connectivity index (χ0n) is 14.6. The van der Waals surface area contributed by atoms with Crippen LogP contribution in [0, 0.1) is 5.92 Å². The summed E-state index contributed by atoms with van der Waals surface area (Å²) in [6, 6.07) is 5.56. The molecule has 7 nitrogen and oxygen atoms in total. The number of pyridine rings is 1. The van der Waals surface area contributed by atoms with Crippen molar-refractivity contribution in [1.29, 1.82) is 0 Å². The molecule has 0 unspecified atom stereocenters. The van der Waals surface area contributed by atoms with E-state index in [2.05, 4.69) is 29.4 Å². The number of ether oxygens (including phenoxy) is 2. The number of carbonyl (C=O) groups is 1. The molecule has 1 N–H and O–H groups in total. The topological polar surface area (TPSA) is 77.8 Å². The van der Waals surface area contributed by atoms with Crippen molar-refractivity contribution in [2.24, 2.45) is 5.92 Å². The molecule has 0 spiro atoms. The normalized spacial score (nSPS) is 12.7. The van der Waals surface area contributed by atoms with Gasteiger partial charge in [-0.15, -0.1) is 10.2 Å². The van der Waals surface area contributed by atoms with Crippen LogP contribution in [0.2, 0.25) is 0 Å². The number of methoxy groups -OCH3 is 1. The first-order valence-corrected chi connectivity index (χ1v) is 8.29. The van der Waals surface area contributed by atoms with E-state index in [-0.39, 0.29) is 17.9 Å². The van der Waals surface area contributed by atoms with E-state index in [9.17, 15) is 4.79 Å². The van der Waals surface area contributed by atoms with E-state index in [1.54, 1.807) is 7.11 Å². The van der Waals surface area contributed by atoms with Crippen molar-refractivity contribution < 1.29 is 14.3 Å². The second-order valence-electron chi connectivity index (χ2n) is 5.98. The van der Waals surface area contributed by atoms with Crippen molar-refractivity contribution in [3.05, 3.63) is 30.2 Å². The Kier molecular flexibility index (Phi) is 7.14. The van der Waals surface area contributed by atoms with Gasteiger partial charge in [-0.2, -0.15) is 0 Å². The molecular formula is C17H26N4O3. The molecule has 0 aliphatic heterocycles. The molecular weight excluding hydrogens is 308 g/mol. The molecule has 2 aromatic heterocycles. The minimum atomic E-state index is -0.177. The number of fused-ring (bicyclic) bond motifs is 1. The fourth-order valence-electron chi connectivity index (χ4n) is 2.43. The number of hydrogen-bond acceptors (Lipinski definition) is 5. The molecule has 2 heterocycles. The lowest BCUT2D eigenvalue weighted by Gasteiger charge is -2.21. The molecule has 1 amide bonds. The van der Waals surface area contributed by atoms with Crippen molar-refractivity contribution in [2.75, 3.05) is 26.9 Å². The second kappa shape index (κ2) is 9.34. The van der Waals surface area contributed by atoms with E-state index in [0.717, 1.165) is 11.5 Å². The van der Waals surface area contributed by atoms with E-state index in [1.807, 2.05) is 28.8 Å². The van der Waals surface area contributed by atoms with Crippen LogP contribution >= 0.6 is 0 Å². The Morgan fingerprint density at radius 3 is 2.83 bits per heavy atom. The largest absolute Gasteiger partial charge is 0.382 e. The molecule has 2 rings (SSSR count). The predicted octanol–water partition coefficient (Wildman–Crippen LogP) is 1.99. The molecule has 2 aromatic rings. The average molecular weight is 334 g/mol. The highest BCUT2D eigenvalue weighted by molar-refractivity contribution is 5.76. The summed E-state index contributed by atoms with van der Waals surface area (Å²) in [4.78, 5) is 12.2. The number of nitrogens with one attached hydrogen (secondary N) is 1. The Balaban J connectivity index is 1.90. The Labute approximate surface area is 142 Å². The molecule has 0 bridgehead atoms. The third kappa shape index (κ3) is 5.01. The van der Waals surface area contributed by atoms with E-state index in [1.165, 1.54) is 0 Å². The lowest BCUT2D eigenvalue weighted by Crippen LogP contribution is -2.33. The van der Waals surface area contributed by atoms with E-state index < -0.39 is 0 Å². The molecule has 132 valence electrons. The maximum absolute atomic E-state index is 12.2. The summed E-state index contributed by atoms with van der Waals surface area (Å²) in [6.07, 6.45) is 3.02. The van der Waals surface area contributed by atoms with E-state index >= 15 is 0 Å². The highest BCUT2D eigenvalue weighted by Gasteiger charge is 2.23.